The van der Waals surface area contributed by atoms with Crippen molar-refractivity contribution in [3.63, 3.8) is 0 Å². The molecule has 108 valence electrons. The third-order valence-corrected chi connectivity index (χ3v) is 2.52. The van der Waals surface area contributed by atoms with Crippen molar-refractivity contribution in [2.24, 2.45) is 0 Å². The van der Waals surface area contributed by atoms with Crippen molar-refractivity contribution in [3.8, 4) is 0 Å². The minimum Gasteiger partial charge on any atom is -0.258 e. The lowest BCUT2D eigenvalue weighted by atomic mass is 10.1. The fraction of sp³-hybridized carbons (Fsp3) is 0.125. The topological polar surface area (TPSA) is 184 Å². The molecule has 0 unspecified atom stereocenters. The number of hydrogen-bond donors (Lipinski definition) is 1. The third-order valence-electron chi connectivity index (χ3n) is 2.52. The molecule has 1 aromatic heterocycles. The van der Waals surface area contributed by atoms with E-state index in [0.29, 0.717) is 12.1 Å². The Bertz CT molecular complexity index is 692. The summed E-state index contributed by atoms with van der Waals surface area (Å²) in [6, 6.07) is 1.31. The summed E-state index contributed by atoms with van der Waals surface area (Å²) in [5, 5.41) is 45.1. The van der Waals surface area contributed by atoms with Crippen LogP contribution in [0.1, 0.15) is 11.4 Å². The van der Waals surface area contributed by atoms with Gasteiger partial charge in [-0.1, -0.05) is 5.21 Å². The molecule has 2 rings (SSSR count). The Morgan fingerprint density at radius 2 is 1.57 bits per heavy atom. The van der Waals surface area contributed by atoms with Gasteiger partial charge < -0.3 is 0 Å². The van der Waals surface area contributed by atoms with Gasteiger partial charge in [0.2, 0.25) is 0 Å². The van der Waals surface area contributed by atoms with E-state index in [0.717, 1.165) is 0 Å². The van der Waals surface area contributed by atoms with E-state index in [1.807, 2.05) is 0 Å². The number of nitro benzene ring substituents is 3. The van der Waals surface area contributed by atoms with Gasteiger partial charge in [0, 0.05) is 0 Å². The highest BCUT2D eigenvalue weighted by Gasteiger charge is 2.31. The molecule has 0 amide bonds. The lowest BCUT2D eigenvalue weighted by molar-refractivity contribution is -0.404. The summed E-state index contributed by atoms with van der Waals surface area (Å²) in [4.78, 5) is 29.9. The SMILES string of the molecule is O=[N+]([O-])c1cc([N+](=O)[O-])c(Cc2nn[nH]n2)c([N+](=O)[O-])c1. The van der Waals surface area contributed by atoms with Crippen molar-refractivity contribution >= 4 is 17.1 Å². The van der Waals surface area contributed by atoms with Crippen LogP contribution >= 0.6 is 0 Å². The van der Waals surface area contributed by atoms with Crippen LogP contribution in [0.2, 0.25) is 0 Å². The summed E-state index contributed by atoms with van der Waals surface area (Å²) in [6.07, 6.45) is -0.360. The van der Waals surface area contributed by atoms with E-state index in [1.54, 1.807) is 0 Å². The van der Waals surface area contributed by atoms with Gasteiger partial charge in [0.05, 0.1) is 33.3 Å². The number of tetrazole rings is 1. The zero-order valence-electron chi connectivity index (χ0n) is 9.99. The molecule has 1 N–H and O–H groups in total. The second-order valence-electron chi connectivity index (χ2n) is 3.74. The Balaban J connectivity index is 2.66. The van der Waals surface area contributed by atoms with Crippen molar-refractivity contribution in [1.82, 2.24) is 20.6 Å². The van der Waals surface area contributed by atoms with E-state index < -0.39 is 31.8 Å². The van der Waals surface area contributed by atoms with Gasteiger partial charge in [-0.05, 0) is 0 Å². The zero-order valence-corrected chi connectivity index (χ0v) is 9.99. The van der Waals surface area contributed by atoms with Crippen molar-refractivity contribution < 1.29 is 14.8 Å². The third kappa shape index (κ3) is 2.75. The van der Waals surface area contributed by atoms with Gasteiger partial charge in [-0.25, -0.2) is 0 Å². The summed E-state index contributed by atoms with van der Waals surface area (Å²) in [6.45, 7) is 0. The Labute approximate surface area is 114 Å². The first-order valence-corrected chi connectivity index (χ1v) is 5.22. The van der Waals surface area contributed by atoms with E-state index in [-0.39, 0.29) is 17.8 Å². The van der Waals surface area contributed by atoms with Gasteiger partial charge in [-0.3, -0.25) is 30.3 Å². The maximum atomic E-state index is 11.0. The molecule has 0 aliphatic rings. The monoisotopic (exact) mass is 295 g/mol. The Morgan fingerprint density at radius 3 is 1.95 bits per heavy atom. The Kier molecular flexibility index (Phi) is 3.47. The molecule has 1 heterocycles. The number of H-pyrrole nitrogens is 1. The van der Waals surface area contributed by atoms with Crippen LogP contribution in [0.4, 0.5) is 17.1 Å². The summed E-state index contributed by atoms with van der Waals surface area (Å²) < 4.78 is 0. The lowest BCUT2D eigenvalue weighted by Crippen LogP contribution is -2.04. The number of nitro groups is 3. The number of hydrogen-bond acceptors (Lipinski definition) is 9. The summed E-state index contributed by atoms with van der Waals surface area (Å²) in [7, 11) is 0. The highest BCUT2D eigenvalue weighted by Crippen LogP contribution is 2.34. The lowest BCUT2D eigenvalue weighted by Gasteiger charge is -2.02. The van der Waals surface area contributed by atoms with Crippen LogP contribution in [0.25, 0.3) is 0 Å². The van der Waals surface area contributed by atoms with Crippen LogP contribution in [0.3, 0.4) is 0 Å². The Hall–Kier alpha value is -3.51. The van der Waals surface area contributed by atoms with E-state index in [9.17, 15) is 30.3 Å². The molecular formula is C8H5N7O6. The zero-order chi connectivity index (χ0) is 15.6. The number of rotatable bonds is 5. The average Bonchev–Trinajstić information content (AvgIpc) is 2.90. The minimum absolute atomic E-state index is 0.0185. The molecule has 0 radical (unpaired) electrons. The van der Waals surface area contributed by atoms with Gasteiger partial charge >= 0.3 is 0 Å². The molecule has 0 aliphatic heterocycles. The smallest absolute Gasteiger partial charge is 0.258 e. The van der Waals surface area contributed by atoms with Gasteiger partial charge in [0.1, 0.15) is 5.56 Å². The molecule has 0 saturated carbocycles. The number of benzene rings is 1. The maximum absolute atomic E-state index is 11.0. The number of aromatic amines is 1. The van der Waals surface area contributed by atoms with Gasteiger partial charge in [0.15, 0.2) is 5.82 Å². The number of aromatic nitrogens is 4. The fourth-order valence-corrected chi connectivity index (χ4v) is 1.66. The molecule has 0 aliphatic carbocycles. The van der Waals surface area contributed by atoms with E-state index >= 15 is 0 Å². The molecule has 0 atom stereocenters. The highest BCUT2D eigenvalue weighted by atomic mass is 16.6. The molecule has 2 aromatic rings. The average molecular weight is 295 g/mol. The molecule has 21 heavy (non-hydrogen) atoms. The first-order chi connectivity index (χ1) is 9.90. The predicted octanol–water partition coefficient (Wildman–Crippen LogP) is 0.515. The maximum Gasteiger partial charge on any atom is 0.286 e. The van der Waals surface area contributed by atoms with Crippen molar-refractivity contribution in [1.29, 1.82) is 0 Å². The molecule has 0 bridgehead atoms. The molecule has 0 spiro atoms. The number of nitrogens with one attached hydrogen (secondary N) is 1. The molecule has 0 fully saturated rings. The first-order valence-electron chi connectivity index (χ1n) is 5.22. The van der Waals surface area contributed by atoms with Crippen molar-refractivity contribution in [2.75, 3.05) is 0 Å². The van der Waals surface area contributed by atoms with E-state index in [1.165, 1.54) is 0 Å². The van der Waals surface area contributed by atoms with Crippen LogP contribution in [-0.2, 0) is 6.42 Å². The largest absolute Gasteiger partial charge is 0.286 e. The van der Waals surface area contributed by atoms with Crippen LogP contribution < -0.4 is 0 Å². The normalized spacial score (nSPS) is 10.3. The Morgan fingerprint density at radius 1 is 1.00 bits per heavy atom. The van der Waals surface area contributed by atoms with Crippen LogP contribution in [-0.4, -0.2) is 35.4 Å². The minimum atomic E-state index is -0.946. The second-order valence-corrected chi connectivity index (χ2v) is 3.74. The summed E-state index contributed by atoms with van der Waals surface area (Å²) in [5.41, 5.74) is -2.58. The van der Waals surface area contributed by atoms with Crippen LogP contribution in [0.5, 0.6) is 0 Å². The van der Waals surface area contributed by atoms with E-state index in [4.69, 9.17) is 0 Å². The van der Waals surface area contributed by atoms with Gasteiger partial charge in [-0.15, -0.1) is 10.2 Å². The number of nitrogens with zero attached hydrogens (tertiary/aromatic N) is 6. The van der Waals surface area contributed by atoms with Crippen LogP contribution in [0, 0.1) is 30.3 Å². The fourth-order valence-electron chi connectivity index (χ4n) is 1.66. The summed E-state index contributed by atoms with van der Waals surface area (Å²) >= 11 is 0. The van der Waals surface area contributed by atoms with Gasteiger partial charge in [-0.2, -0.15) is 5.21 Å². The standard InChI is InChI=1S/C8H5N7O6/c16-13(17)4-1-6(14(18)19)5(7(2-4)15(20)21)3-8-9-11-12-10-8/h1-2H,3H2,(H,9,10,11,12). The quantitative estimate of drug-likeness (QED) is 0.606. The molecule has 13 heteroatoms. The van der Waals surface area contributed by atoms with Crippen LogP contribution in [0.15, 0.2) is 12.1 Å². The van der Waals surface area contributed by atoms with Crippen molar-refractivity contribution in [2.45, 2.75) is 6.42 Å². The predicted molar refractivity (Wildman–Crippen MR) is 63.4 cm³/mol. The molecule has 13 nitrogen and oxygen atoms in total. The second kappa shape index (κ2) is 5.24. The first kappa shape index (κ1) is 13.9. The van der Waals surface area contributed by atoms with Gasteiger partial charge in [0.25, 0.3) is 17.1 Å². The summed E-state index contributed by atoms with van der Waals surface area (Å²) in [5.74, 6) is -0.0185. The molecule has 1 aromatic carbocycles. The number of non-ortho nitro benzene ring substituents is 1. The highest BCUT2D eigenvalue weighted by molar-refractivity contribution is 5.61. The van der Waals surface area contributed by atoms with Crippen molar-refractivity contribution in [3.05, 3.63) is 53.9 Å². The molecular weight excluding hydrogens is 290 g/mol. The molecule has 0 saturated heterocycles. The van der Waals surface area contributed by atoms with E-state index in [2.05, 4.69) is 20.6 Å².